The molecule has 1 N–H and O–H groups in total. The Bertz CT molecular complexity index is 103. The Morgan fingerprint density at radius 1 is 1.89 bits per heavy atom. The van der Waals surface area contributed by atoms with Crippen molar-refractivity contribution in [2.45, 2.75) is 6.42 Å². The third-order valence-corrected chi connectivity index (χ3v) is 1.35. The van der Waals surface area contributed by atoms with E-state index in [1.54, 1.807) is 11.9 Å². The van der Waals surface area contributed by atoms with E-state index in [4.69, 9.17) is 0 Å². The van der Waals surface area contributed by atoms with Crippen LogP contribution < -0.4 is 4.72 Å². The SMILES string of the molecule is C=C(C=O)CCNSC. The Kier molecular flexibility index (Phi) is 5.67. The lowest BCUT2D eigenvalue weighted by molar-refractivity contribution is -0.105. The van der Waals surface area contributed by atoms with Crippen molar-refractivity contribution in [2.75, 3.05) is 12.8 Å². The van der Waals surface area contributed by atoms with Crippen molar-refractivity contribution < 1.29 is 4.79 Å². The molecule has 0 atom stereocenters. The van der Waals surface area contributed by atoms with Crippen LogP contribution in [0.25, 0.3) is 0 Å². The highest BCUT2D eigenvalue weighted by molar-refractivity contribution is 7.96. The Morgan fingerprint density at radius 2 is 2.56 bits per heavy atom. The summed E-state index contributed by atoms with van der Waals surface area (Å²) >= 11 is 1.55. The molecule has 0 aliphatic carbocycles. The van der Waals surface area contributed by atoms with Crippen LogP contribution in [0, 0.1) is 0 Å². The van der Waals surface area contributed by atoms with Gasteiger partial charge in [-0.05, 0) is 18.2 Å². The van der Waals surface area contributed by atoms with Crippen LogP contribution >= 0.6 is 11.9 Å². The largest absolute Gasteiger partial charge is 0.298 e. The molecule has 0 saturated heterocycles. The predicted octanol–water partition coefficient (Wildman–Crippen LogP) is 0.999. The molecule has 2 nitrogen and oxygen atoms in total. The second kappa shape index (κ2) is 5.85. The van der Waals surface area contributed by atoms with Gasteiger partial charge < -0.3 is 0 Å². The second-order valence-electron chi connectivity index (χ2n) is 1.62. The zero-order valence-electron chi connectivity index (χ0n) is 5.52. The number of hydrogen-bond donors (Lipinski definition) is 1. The fourth-order valence-corrected chi connectivity index (χ4v) is 0.679. The van der Waals surface area contributed by atoms with E-state index >= 15 is 0 Å². The first-order valence-electron chi connectivity index (χ1n) is 2.70. The predicted molar refractivity (Wildman–Crippen MR) is 41.3 cm³/mol. The molecule has 0 heterocycles. The van der Waals surface area contributed by atoms with Crippen LogP contribution in [0.1, 0.15) is 6.42 Å². The van der Waals surface area contributed by atoms with E-state index in [-0.39, 0.29) is 0 Å². The van der Waals surface area contributed by atoms with Crippen molar-refractivity contribution in [3.8, 4) is 0 Å². The topological polar surface area (TPSA) is 29.1 Å². The smallest absolute Gasteiger partial charge is 0.145 e. The minimum Gasteiger partial charge on any atom is -0.298 e. The van der Waals surface area contributed by atoms with E-state index in [0.29, 0.717) is 5.57 Å². The third kappa shape index (κ3) is 5.59. The first kappa shape index (κ1) is 8.72. The van der Waals surface area contributed by atoms with Crippen molar-refractivity contribution in [1.82, 2.24) is 4.72 Å². The highest BCUT2D eigenvalue weighted by Gasteiger charge is 1.88. The molecule has 3 heteroatoms. The van der Waals surface area contributed by atoms with Gasteiger partial charge in [0.15, 0.2) is 0 Å². The van der Waals surface area contributed by atoms with Gasteiger partial charge in [-0.1, -0.05) is 18.5 Å². The molecule has 9 heavy (non-hydrogen) atoms. The molecule has 0 aromatic heterocycles. The number of rotatable bonds is 5. The van der Waals surface area contributed by atoms with Crippen LogP contribution in [0.5, 0.6) is 0 Å². The minimum atomic E-state index is 0.650. The first-order chi connectivity index (χ1) is 4.31. The fourth-order valence-electron chi connectivity index (χ4n) is 0.373. The summed E-state index contributed by atoms with van der Waals surface area (Å²) in [7, 11) is 0. The summed E-state index contributed by atoms with van der Waals surface area (Å²) < 4.78 is 3.01. The number of nitrogens with one attached hydrogen (secondary N) is 1. The maximum absolute atomic E-state index is 9.96. The van der Waals surface area contributed by atoms with Crippen LogP contribution in [0.15, 0.2) is 12.2 Å². The molecule has 0 unspecified atom stereocenters. The van der Waals surface area contributed by atoms with Crippen molar-refractivity contribution >= 4 is 18.2 Å². The van der Waals surface area contributed by atoms with Crippen molar-refractivity contribution in [2.24, 2.45) is 0 Å². The molecule has 0 aromatic carbocycles. The first-order valence-corrected chi connectivity index (χ1v) is 3.92. The van der Waals surface area contributed by atoms with Crippen LogP contribution in [-0.4, -0.2) is 19.1 Å². The highest BCUT2D eigenvalue weighted by Crippen LogP contribution is 1.92. The van der Waals surface area contributed by atoms with E-state index < -0.39 is 0 Å². The van der Waals surface area contributed by atoms with E-state index in [0.717, 1.165) is 19.3 Å². The summed E-state index contributed by atoms with van der Waals surface area (Å²) in [5.41, 5.74) is 0.650. The molecule has 0 aromatic rings. The van der Waals surface area contributed by atoms with Gasteiger partial charge in [0.1, 0.15) is 6.29 Å². The number of aldehydes is 1. The average Bonchev–Trinajstić information content (AvgIpc) is 1.89. The van der Waals surface area contributed by atoms with E-state index in [9.17, 15) is 4.79 Å². The standard InChI is InChI=1S/C6H11NOS/c1-6(5-8)3-4-7-9-2/h5,7H,1,3-4H2,2H3. The van der Waals surface area contributed by atoms with Crippen LogP contribution in [0.3, 0.4) is 0 Å². The lowest BCUT2D eigenvalue weighted by atomic mass is 10.2. The Labute approximate surface area is 59.8 Å². The molecule has 0 radical (unpaired) electrons. The molecular weight excluding hydrogens is 134 g/mol. The lowest BCUT2D eigenvalue weighted by Gasteiger charge is -1.96. The third-order valence-electron chi connectivity index (χ3n) is 0.859. The maximum Gasteiger partial charge on any atom is 0.145 e. The molecular formula is C6H11NOS. The maximum atomic E-state index is 9.96. The van der Waals surface area contributed by atoms with E-state index in [2.05, 4.69) is 11.3 Å². The number of carbonyl (C=O) groups is 1. The number of carbonyl (C=O) groups excluding carboxylic acids is 1. The van der Waals surface area contributed by atoms with Gasteiger partial charge >= 0.3 is 0 Å². The summed E-state index contributed by atoms with van der Waals surface area (Å²) in [5.74, 6) is 0. The fraction of sp³-hybridized carbons (Fsp3) is 0.500. The average molecular weight is 145 g/mol. The molecule has 0 amide bonds. The quantitative estimate of drug-likeness (QED) is 0.271. The second-order valence-corrected chi connectivity index (χ2v) is 2.32. The van der Waals surface area contributed by atoms with Gasteiger partial charge in [-0.3, -0.25) is 9.52 Å². The van der Waals surface area contributed by atoms with Crippen molar-refractivity contribution in [3.63, 3.8) is 0 Å². The van der Waals surface area contributed by atoms with E-state index in [1.165, 1.54) is 0 Å². The Hall–Kier alpha value is -0.280. The van der Waals surface area contributed by atoms with Gasteiger partial charge in [0.25, 0.3) is 0 Å². The van der Waals surface area contributed by atoms with Gasteiger partial charge in [0.2, 0.25) is 0 Å². The Morgan fingerprint density at radius 3 is 3.00 bits per heavy atom. The lowest BCUT2D eigenvalue weighted by Crippen LogP contribution is -2.05. The van der Waals surface area contributed by atoms with Crippen molar-refractivity contribution in [3.05, 3.63) is 12.2 Å². The highest BCUT2D eigenvalue weighted by atomic mass is 32.2. The molecule has 0 spiro atoms. The van der Waals surface area contributed by atoms with Gasteiger partial charge in [-0.15, -0.1) is 0 Å². The molecule has 0 aliphatic rings. The van der Waals surface area contributed by atoms with Crippen LogP contribution in [0.4, 0.5) is 0 Å². The van der Waals surface area contributed by atoms with Crippen molar-refractivity contribution in [1.29, 1.82) is 0 Å². The normalized spacial score (nSPS) is 9.00. The van der Waals surface area contributed by atoms with Crippen LogP contribution in [-0.2, 0) is 4.79 Å². The molecule has 0 rings (SSSR count). The Balaban J connectivity index is 3.07. The molecule has 0 saturated carbocycles. The molecule has 0 bridgehead atoms. The summed E-state index contributed by atoms with van der Waals surface area (Å²) in [6.45, 7) is 4.35. The van der Waals surface area contributed by atoms with E-state index in [1.807, 2.05) is 6.26 Å². The molecule has 0 aliphatic heterocycles. The van der Waals surface area contributed by atoms with Gasteiger partial charge in [0, 0.05) is 6.54 Å². The summed E-state index contributed by atoms with van der Waals surface area (Å²) in [6, 6.07) is 0. The van der Waals surface area contributed by atoms with Gasteiger partial charge in [0.05, 0.1) is 0 Å². The summed E-state index contributed by atoms with van der Waals surface area (Å²) in [5, 5.41) is 0. The molecule has 52 valence electrons. The van der Waals surface area contributed by atoms with Crippen LogP contribution in [0.2, 0.25) is 0 Å². The molecule has 0 fully saturated rings. The zero-order chi connectivity index (χ0) is 7.11. The number of hydrogen-bond acceptors (Lipinski definition) is 3. The minimum absolute atomic E-state index is 0.650. The summed E-state index contributed by atoms with van der Waals surface area (Å²) in [4.78, 5) is 9.96. The van der Waals surface area contributed by atoms with Gasteiger partial charge in [-0.2, -0.15) is 0 Å². The monoisotopic (exact) mass is 145 g/mol. The summed E-state index contributed by atoms with van der Waals surface area (Å²) in [6.07, 6.45) is 3.48. The van der Waals surface area contributed by atoms with Gasteiger partial charge in [-0.25, -0.2) is 0 Å². The zero-order valence-corrected chi connectivity index (χ0v) is 6.33.